The Balaban J connectivity index is 1.58. The van der Waals surface area contributed by atoms with Crippen LogP contribution in [-0.4, -0.2) is 0 Å². The zero-order chi connectivity index (χ0) is 64.1. The third-order valence-electron chi connectivity index (χ3n) is 18.9. The predicted octanol–water partition coefficient (Wildman–Crippen LogP) is 26.7. The normalized spacial score (nSPS) is 11.8. The summed E-state index contributed by atoms with van der Waals surface area (Å²) in [5.41, 5.74) is 33.3. The summed E-state index contributed by atoms with van der Waals surface area (Å²) in [5, 5.41) is 2.66. The largest absolute Gasteiger partial charge is 0.308 e. The molecule has 0 aliphatic carbocycles. The molecule has 2 heteroatoms. The molecule has 0 amide bonds. The number of hydrogen-bond donors (Lipinski definition) is 0. The first-order valence-electron chi connectivity index (χ1n) is 36.0. The molecule has 0 saturated carbocycles. The number of aryl methyl sites for hydroxylation is 12. The first-order valence-corrected chi connectivity index (χ1v) is 36.0. The highest BCUT2D eigenvalue weighted by molar-refractivity contribution is 6.11. The van der Waals surface area contributed by atoms with E-state index >= 15 is 0 Å². The van der Waals surface area contributed by atoms with Crippen molar-refractivity contribution in [3.63, 3.8) is 0 Å². The smallest absolute Gasteiger partial charge is 0.0573 e. The molecule has 8 aromatic carbocycles. The lowest BCUT2D eigenvalue weighted by Crippen LogP contribution is -2.23. The second kappa shape index (κ2) is 34.5. The highest BCUT2D eigenvalue weighted by atomic mass is 15.2. The molecule has 0 aliphatic heterocycles. The van der Waals surface area contributed by atoms with E-state index in [0.717, 1.165) is 154 Å². The summed E-state index contributed by atoms with van der Waals surface area (Å²) >= 11 is 0. The van der Waals surface area contributed by atoms with Crippen molar-refractivity contribution in [1.29, 1.82) is 0 Å². The highest BCUT2D eigenvalue weighted by Crippen LogP contribution is 2.55. The molecule has 0 aromatic heterocycles. The van der Waals surface area contributed by atoms with Gasteiger partial charge in [-0.1, -0.05) is 250 Å². The van der Waals surface area contributed by atoms with Gasteiger partial charge >= 0.3 is 0 Å². The standard InChI is InChI=1S/C88H114N2/c1-15-23-33-73-55-65(11)56-74(34-24-16-2)85(73)89(87-77(37-27-19-5)59-71(60-78(87)38-28-20-6)53-51-69-47-43-63(9)44-48-69)83-67(13)68(14)84(82-42-32-31-41-81(82)83)90(86-75(35-25-17-3)57-66(12)58-76(86)36-26-18-4)88-79(39-29-21-7)61-72(62-80(88)40-30-22-8)54-52-70-49-45-64(10)46-50-70/h31-32,41-62H,15-30,33-40H2,1-14H3/b53-51+,54-52+. The summed E-state index contributed by atoms with van der Waals surface area (Å²) in [4.78, 5) is 5.86. The van der Waals surface area contributed by atoms with Crippen LogP contribution in [0.2, 0.25) is 0 Å². The lowest BCUT2D eigenvalue weighted by molar-refractivity contribution is 0.771. The van der Waals surface area contributed by atoms with Crippen molar-refractivity contribution in [2.45, 2.75) is 251 Å². The first-order chi connectivity index (χ1) is 43.8. The van der Waals surface area contributed by atoms with Gasteiger partial charge in [0.2, 0.25) is 0 Å². The summed E-state index contributed by atoms with van der Waals surface area (Å²) in [7, 11) is 0. The summed E-state index contributed by atoms with van der Waals surface area (Å²) in [6, 6.07) is 48.4. The van der Waals surface area contributed by atoms with Crippen LogP contribution in [0.5, 0.6) is 0 Å². The molecular formula is C88H114N2. The van der Waals surface area contributed by atoms with E-state index < -0.39 is 0 Å². The van der Waals surface area contributed by atoms with E-state index in [2.05, 4.69) is 252 Å². The molecule has 90 heavy (non-hydrogen) atoms. The van der Waals surface area contributed by atoms with Gasteiger partial charge < -0.3 is 9.80 Å². The molecule has 0 spiro atoms. The van der Waals surface area contributed by atoms with Gasteiger partial charge in [0.25, 0.3) is 0 Å². The van der Waals surface area contributed by atoms with E-state index in [9.17, 15) is 0 Å². The van der Waals surface area contributed by atoms with Gasteiger partial charge in [0, 0.05) is 10.8 Å². The Labute approximate surface area is 548 Å². The van der Waals surface area contributed by atoms with Crippen LogP contribution >= 0.6 is 0 Å². The Morgan fingerprint density at radius 2 is 0.467 bits per heavy atom. The van der Waals surface area contributed by atoms with Crippen LogP contribution in [0.25, 0.3) is 35.1 Å². The van der Waals surface area contributed by atoms with Crippen LogP contribution in [0.4, 0.5) is 34.1 Å². The van der Waals surface area contributed by atoms with Crippen LogP contribution in [0.1, 0.15) is 258 Å². The van der Waals surface area contributed by atoms with Gasteiger partial charge in [0.15, 0.2) is 0 Å². The lowest BCUT2D eigenvalue weighted by Gasteiger charge is -2.39. The number of unbranched alkanes of at least 4 members (excludes halogenated alkanes) is 8. The lowest BCUT2D eigenvalue weighted by atomic mass is 9.87. The van der Waals surface area contributed by atoms with Crippen molar-refractivity contribution in [3.8, 4) is 0 Å². The van der Waals surface area contributed by atoms with Crippen LogP contribution in [-0.2, 0) is 51.4 Å². The molecule has 0 atom stereocenters. The predicted molar refractivity (Wildman–Crippen MR) is 401 cm³/mol. The molecule has 0 radical (unpaired) electrons. The molecule has 8 rings (SSSR count). The third-order valence-corrected chi connectivity index (χ3v) is 18.9. The Morgan fingerprint density at radius 3 is 0.700 bits per heavy atom. The van der Waals surface area contributed by atoms with Crippen molar-refractivity contribution in [2.75, 3.05) is 9.80 Å². The van der Waals surface area contributed by atoms with Crippen molar-refractivity contribution in [2.24, 2.45) is 0 Å². The Morgan fingerprint density at radius 1 is 0.244 bits per heavy atom. The second-order valence-electron chi connectivity index (χ2n) is 26.7. The quantitative estimate of drug-likeness (QED) is 0.0371. The fourth-order valence-electron chi connectivity index (χ4n) is 13.9. The van der Waals surface area contributed by atoms with Crippen LogP contribution in [0, 0.1) is 41.5 Å². The molecule has 8 aromatic rings. The number of benzene rings is 8. The molecule has 0 saturated heterocycles. The Bertz CT molecular complexity index is 3300. The summed E-state index contributed by atoms with van der Waals surface area (Å²) < 4.78 is 0. The summed E-state index contributed by atoms with van der Waals surface area (Å²) in [6.07, 6.45) is 36.0. The first kappa shape index (κ1) is 69.0. The summed E-state index contributed by atoms with van der Waals surface area (Å²) in [5.74, 6) is 0. The topological polar surface area (TPSA) is 6.48 Å². The molecule has 0 N–H and O–H groups in total. The zero-order valence-electron chi connectivity index (χ0n) is 58.7. The van der Waals surface area contributed by atoms with E-state index in [-0.39, 0.29) is 0 Å². The minimum atomic E-state index is 1.02. The van der Waals surface area contributed by atoms with E-state index in [4.69, 9.17) is 0 Å². The van der Waals surface area contributed by atoms with Crippen LogP contribution in [0.3, 0.4) is 0 Å². The van der Waals surface area contributed by atoms with Gasteiger partial charge in [-0.2, -0.15) is 0 Å². The van der Waals surface area contributed by atoms with Crippen LogP contribution in [0.15, 0.2) is 121 Å². The van der Waals surface area contributed by atoms with Gasteiger partial charge in [-0.15, -0.1) is 0 Å². The third kappa shape index (κ3) is 17.2. The second-order valence-corrected chi connectivity index (χ2v) is 26.7. The molecule has 0 bridgehead atoms. The molecule has 0 unspecified atom stereocenters. The molecule has 476 valence electrons. The van der Waals surface area contributed by atoms with Crippen LogP contribution < -0.4 is 9.80 Å². The maximum absolute atomic E-state index is 2.93. The average Bonchev–Trinajstić information content (AvgIpc) is 0.723. The Hall–Kier alpha value is -6.90. The molecule has 0 aliphatic rings. The molecule has 0 fully saturated rings. The highest BCUT2D eigenvalue weighted by Gasteiger charge is 2.33. The van der Waals surface area contributed by atoms with Gasteiger partial charge in [0.1, 0.15) is 0 Å². The van der Waals surface area contributed by atoms with E-state index in [1.54, 1.807) is 0 Å². The monoisotopic (exact) mass is 1200 g/mol. The van der Waals surface area contributed by atoms with E-state index in [1.807, 2.05) is 0 Å². The van der Waals surface area contributed by atoms with Crippen molar-refractivity contribution in [1.82, 2.24) is 0 Å². The minimum absolute atomic E-state index is 1.02. The fraction of sp³-hybridized carbons (Fsp3) is 0.432. The van der Waals surface area contributed by atoms with Gasteiger partial charge in [-0.05, 0) is 246 Å². The zero-order valence-corrected chi connectivity index (χ0v) is 58.7. The number of rotatable bonds is 34. The SMILES string of the molecule is CCCCc1cc(C)cc(CCCC)c1N(c1c(CCCC)cc(/C=C/c2ccc(C)cc2)cc1CCCC)c1c(C)c(C)c(N(c2c(CCCC)cc(C)cc2CCCC)c2c(CCCC)cc(/C=C/c3ccc(C)cc3)cc2CCCC)c2ccccc12. The van der Waals surface area contributed by atoms with Gasteiger partial charge in [-0.3, -0.25) is 0 Å². The molecular weight excluding hydrogens is 1080 g/mol. The maximum Gasteiger partial charge on any atom is 0.0573 e. The minimum Gasteiger partial charge on any atom is -0.308 e. The van der Waals surface area contributed by atoms with Crippen molar-refractivity contribution >= 4 is 69.2 Å². The fourth-order valence-corrected chi connectivity index (χ4v) is 13.9. The van der Waals surface area contributed by atoms with Crippen molar-refractivity contribution in [3.05, 3.63) is 221 Å². The number of hydrogen-bond acceptors (Lipinski definition) is 2. The molecule has 0 heterocycles. The van der Waals surface area contributed by atoms with Gasteiger partial charge in [-0.25, -0.2) is 0 Å². The van der Waals surface area contributed by atoms with E-state index in [0.29, 0.717) is 0 Å². The Kier molecular flexibility index (Phi) is 26.5. The number of anilines is 6. The average molecular weight is 1200 g/mol. The molecule has 2 nitrogen and oxygen atoms in total. The van der Waals surface area contributed by atoms with Crippen molar-refractivity contribution < 1.29 is 0 Å². The van der Waals surface area contributed by atoms with E-state index in [1.165, 1.54) is 145 Å². The maximum atomic E-state index is 2.93. The number of nitrogens with zero attached hydrogens (tertiary/aromatic N) is 2. The van der Waals surface area contributed by atoms with Gasteiger partial charge in [0.05, 0.1) is 34.1 Å². The summed E-state index contributed by atoms with van der Waals surface area (Å²) in [6.45, 7) is 33.1. The number of fused-ring (bicyclic) bond motifs is 1.